The summed E-state index contributed by atoms with van der Waals surface area (Å²) in [7, 11) is 0. The Bertz CT molecular complexity index is 793. The summed E-state index contributed by atoms with van der Waals surface area (Å²) in [4.78, 5) is 18.7. The Morgan fingerprint density at radius 3 is 2.87 bits per heavy atom. The lowest BCUT2D eigenvalue weighted by molar-refractivity contribution is -0.117. The molecule has 0 unspecified atom stereocenters. The predicted molar refractivity (Wildman–Crippen MR) is 93.7 cm³/mol. The van der Waals surface area contributed by atoms with Crippen molar-refractivity contribution in [2.45, 2.75) is 38.5 Å². The van der Waals surface area contributed by atoms with E-state index in [9.17, 15) is 4.79 Å². The number of carbonyl (C=O) groups is 1. The molecule has 0 bridgehead atoms. The van der Waals surface area contributed by atoms with E-state index in [1.165, 1.54) is 10.4 Å². The molecule has 118 valence electrons. The summed E-state index contributed by atoms with van der Waals surface area (Å²) in [5.41, 5.74) is 4.79. The van der Waals surface area contributed by atoms with Gasteiger partial charge in [0, 0.05) is 17.7 Å². The summed E-state index contributed by atoms with van der Waals surface area (Å²) >= 11 is 1.65. The van der Waals surface area contributed by atoms with E-state index in [-0.39, 0.29) is 11.2 Å². The number of carbonyl (C=O) groups excluding carboxylic acids is 1. The number of hydrogen-bond acceptors (Lipinski definition) is 4. The summed E-state index contributed by atoms with van der Waals surface area (Å²) in [6.45, 7) is 4.39. The molecular formula is C19H20N2OS. The second-order valence-corrected chi connectivity index (χ2v) is 7.29. The molecule has 1 aliphatic carbocycles. The van der Waals surface area contributed by atoms with Gasteiger partial charge in [-0.1, -0.05) is 44.2 Å². The van der Waals surface area contributed by atoms with Crippen LogP contribution in [0.25, 0.3) is 0 Å². The van der Waals surface area contributed by atoms with E-state index in [4.69, 9.17) is 0 Å². The quantitative estimate of drug-likeness (QED) is 0.883. The molecule has 2 atom stereocenters. The van der Waals surface area contributed by atoms with Crippen molar-refractivity contribution in [1.82, 2.24) is 4.98 Å². The molecule has 3 nitrogen and oxygen atoms in total. The van der Waals surface area contributed by atoms with Crippen molar-refractivity contribution in [1.29, 1.82) is 0 Å². The van der Waals surface area contributed by atoms with Gasteiger partial charge in [-0.2, -0.15) is 0 Å². The van der Waals surface area contributed by atoms with Crippen molar-refractivity contribution in [3.63, 3.8) is 0 Å². The van der Waals surface area contributed by atoms with E-state index in [1.54, 1.807) is 11.3 Å². The summed E-state index contributed by atoms with van der Waals surface area (Å²) in [6.07, 6.45) is 2.42. The highest BCUT2D eigenvalue weighted by Gasteiger charge is 2.49. The van der Waals surface area contributed by atoms with Crippen molar-refractivity contribution < 1.29 is 4.79 Å². The van der Waals surface area contributed by atoms with Crippen LogP contribution in [0.4, 0.5) is 5.82 Å². The molecular weight excluding hydrogens is 304 g/mol. The standard InChI is InChI=1S/C19H20N2OS/c1-3-19(13-7-5-4-6-8-13)15-14(22)10-9-12(2)16(15)21-18-17(19)23-11-20-18/h4-8,11-12,21H,3,9-10H2,1-2H3/t12-,19-/m0/s1. The largest absolute Gasteiger partial charge is 0.342 e. The maximum absolute atomic E-state index is 12.9. The van der Waals surface area contributed by atoms with Crippen LogP contribution in [0.5, 0.6) is 0 Å². The number of benzene rings is 1. The third-order valence-corrected chi connectivity index (χ3v) is 6.27. The summed E-state index contributed by atoms with van der Waals surface area (Å²) in [5, 5.41) is 3.48. The minimum absolute atomic E-state index is 0.287. The van der Waals surface area contributed by atoms with Gasteiger partial charge in [0.2, 0.25) is 0 Å². The van der Waals surface area contributed by atoms with Crippen LogP contribution in [0.2, 0.25) is 0 Å². The molecule has 0 amide bonds. The molecule has 4 heteroatoms. The zero-order valence-corrected chi connectivity index (χ0v) is 14.2. The van der Waals surface area contributed by atoms with Gasteiger partial charge >= 0.3 is 0 Å². The molecule has 1 aromatic heterocycles. The van der Waals surface area contributed by atoms with Gasteiger partial charge in [-0.05, 0) is 24.3 Å². The van der Waals surface area contributed by atoms with Crippen LogP contribution in [-0.4, -0.2) is 10.8 Å². The van der Waals surface area contributed by atoms with Crippen LogP contribution in [0.15, 0.2) is 47.1 Å². The molecule has 0 spiro atoms. The minimum atomic E-state index is -0.357. The van der Waals surface area contributed by atoms with Gasteiger partial charge in [0.15, 0.2) is 5.78 Å². The Hall–Kier alpha value is -1.94. The number of nitrogens with zero attached hydrogens (tertiary/aromatic N) is 1. The number of allylic oxidation sites excluding steroid dienone is 2. The van der Waals surface area contributed by atoms with E-state index in [2.05, 4.69) is 48.4 Å². The first-order valence-electron chi connectivity index (χ1n) is 8.22. The van der Waals surface area contributed by atoms with Gasteiger partial charge in [-0.25, -0.2) is 4.98 Å². The van der Waals surface area contributed by atoms with Gasteiger partial charge in [0.1, 0.15) is 5.82 Å². The fourth-order valence-corrected chi connectivity index (χ4v) is 5.13. The van der Waals surface area contributed by atoms with E-state index >= 15 is 0 Å². The second kappa shape index (κ2) is 5.31. The lowest BCUT2D eigenvalue weighted by Gasteiger charge is -2.43. The van der Waals surface area contributed by atoms with Gasteiger partial charge in [0.05, 0.1) is 15.8 Å². The van der Waals surface area contributed by atoms with Crippen LogP contribution in [0.1, 0.15) is 43.6 Å². The topological polar surface area (TPSA) is 42.0 Å². The Morgan fingerprint density at radius 2 is 2.13 bits per heavy atom. The lowest BCUT2D eigenvalue weighted by Crippen LogP contribution is -2.41. The Labute approximate surface area is 140 Å². The number of hydrogen-bond donors (Lipinski definition) is 1. The number of rotatable bonds is 2. The maximum atomic E-state index is 12.9. The maximum Gasteiger partial charge on any atom is 0.161 e. The van der Waals surface area contributed by atoms with Crippen LogP contribution in [-0.2, 0) is 10.2 Å². The molecule has 0 saturated heterocycles. The monoisotopic (exact) mass is 324 g/mol. The number of nitrogens with one attached hydrogen (secondary N) is 1. The summed E-state index contributed by atoms with van der Waals surface area (Å²) < 4.78 is 0. The Morgan fingerprint density at radius 1 is 1.35 bits per heavy atom. The van der Waals surface area contributed by atoms with Gasteiger partial charge < -0.3 is 5.32 Å². The highest BCUT2D eigenvalue weighted by atomic mass is 32.1. The number of anilines is 1. The Balaban J connectivity index is 2.07. The van der Waals surface area contributed by atoms with E-state index < -0.39 is 0 Å². The van der Waals surface area contributed by atoms with Crippen LogP contribution in [0, 0.1) is 5.92 Å². The molecule has 2 aromatic rings. The highest BCUT2D eigenvalue weighted by molar-refractivity contribution is 7.10. The zero-order valence-electron chi connectivity index (χ0n) is 13.4. The predicted octanol–water partition coefficient (Wildman–Crippen LogP) is 4.52. The highest BCUT2D eigenvalue weighted by Crippen LogP contribution is 2.53. The number of Topliss-reactive ketones (excluding diaryl/α,β-unsaturated/α-hetero) is 1. The molecule has 0 fully saturated rings. The molecule has 23 heavy (non-hydrogen) atoms. The second-order valence-electron chi connectivity index (χ2n) is 6.43. The Kier molecular flexibility index (Phi) is 3.38. The first-order chi connectivity index (χ1) is 11.2. The van der Waals surface area contributed by atoms with Gasteiger partial charge in [0.25, 0.3) is 0 Å². The number of fused-ring (bicyclic) bond motifs is 1. The summed E-state index contributed by atoms with van der Waals surface area (Å²) in [6, 6.07) is 10.5. The molecule has 2 aliphatic rings. The average Bonchev–Trinajstić information content (AvgIpc) is 3.06. The average molecular weight is 324 g/mol. The zero-order chi connectivity index (χ0) is 16.0. The molecule has 1 aromatic carbocycles. The molecule has 4 rings (SSSR count). The van der Waals surface area contributed by atoms with Crippen molar-refractivity contribution in [2.75, 3.05) is 5.32 Å². The molecule has 1 N–H and O–H groups in total. The van der Waals surface area contributed by atoms with Crippen LogP contribution in [0.3, 0.4) is 0 Å². The molecule has 0 radical (unpaired) electrons. The SMILES string of the molecule is CC[C@]1(c2ccccc2)C2=C(Nc3ncsc31)[C@@H](C)CCC2=O. The molecule has 0 saturated carbocycles. The number of ketones is 1. The van der Waals surface area contributed by atoms with Crippen molar-refractivity contribution in [3.8, 4) is 0 Å². The fourth-order valence-electron chi connectivity index (χ4n) is 4.09. The lowest BCUT2D eigenvalue weighted by atomic mass is 9.64. The normalized spacial score (nSPS) is 26.5. The number of aromatic nitrogens is 1. The number of thiazole rings is 1. The van der Waals surface area contributed by atoms with Gasteiger partial charge in [-0.15, -0.1) is 11.3 Å². The van der Waals surface area contributed by atoms with E-state index in [1.807, 2.05) is 11.6 Å². The van der Waals surface area contributed by atoms with Crippen molar-refractivity contribution in [2.24, 2.45) is 5.92 Å². The third-order valence-electron chi connectivity index (χ3n) is 5.28. The first-order valence-corrected chi connectivity index (χ1v) is 9.10. The van der Waals surface area contributed by atoms with E-state index in [0.717, 1.165) is 29.9 Å². The van der Waals surface area contributed by atoms with E-state index in [0.29, 0.717) is 12.3 Å². The van der Waals surface area contributed by atoms with Crippen molar-refractivity contribution >= 4 is 22.9 Å². The smallest absolute Gasteiger partial charge is 0.161 e. The third kappa shape index (κ3) is 1.94. The van der Waals surface area contributed by atoms with Crippen LogP contribution >= 0.6 is 11.3 Å². The van der Waals surface area contributed by atoms with Crippen molar-refractivity contribution in [3.05, 3.63) is 57.6 Å². The fraction of sp³-hybridized carbons (Fsp3) is 0.368. The minimum Gasteiger partial charge on any atom is -0.342 e. The summed E-state index contributed by atoms with van der Waals surface area (Å²) in [5.74, 6) is 1.59. The van der Waals surface area contributed by atoms with Crippen LogP contribution < -0.4 is 5.32 Å². The molecule has 1 aliphatic heterocycles. The van der Waals surface area contributed by atoms with Gasteiger partial charge in [-0.3, -0.25) is 4.79 Å². The molecule has 2 heterocycles. The first kappa shape index (κ1) is 14.6.